The minimum Gasteiger partial charge on any atom is -0.299 e. The van der Waals surface area contributed by atoms with Crippen molar-refractivity contribution in [2.45, 2.75) is 72.0 Å². The second-order valence-corrected chi connectivity index (χ2v) is 11.4. The van der Waals surface area contributed by atoms with Crippen molar-refractivity contribution in [1.82, 2.24) is 9.80 Å². The predicted octanol–water partition coefficient (Wildman–Crippen LogP) is 7.13. The highest BCUT2D eigenvalue weighted by molar-refractivity contribution is 5.96. The van der Waals surface area contributed by atoms with E-state index in [-0.39, 0.29) is 0 Å². The fourth-order valence-corrected chi connectivity index (χ4v) is 6.03. The maximum absolute atomic E-state index is 13.2. The summed E-state index contributed by atoms with van der Waals surface area (Å²) in [6, 6.07) is 24.1. The van der Waals surface area contributed by atoms with E-state index in [1.54, 1.807) is 0 Å². The van der Waals surface area contributed by atoms with E-state index in [1.807, 2.05) is 0 Å². The van der Waals surface area contributed by atoms with Gasteiger partial charge >= 0.3 is 0 Å². The molecule has 3 aromatic rings. The molecule has 1 fully saturated rings. The van der Waals surface area contributed by atoms with Crippen LogP contribution in [-0.2, 0) is 26.1 Å². The number of carbonyl (C=O) groups excluding carboxylic acids is 1. The van der Waals surface area contributed by atoms with Crippen molar-refractivity contribution in [2.75, 3.05) is 19.6 Å². The van der Waals surface area contributed by atoms with Gasteiger partial charge in [0, 0.05) is 31.6 Å². The third kappa shape index (κ3) is 6.97. The molecule has 0 atom stereocenters. The van der Waals surface area contributed by atoms with Crippen LogP contribution in [0.5, 0.6) is 0 Å². The van der Waals surface area contributed by atoms with Crippen LogP contribution in [0, 0.1) is 19.8 Å². The van der Waals surface area contributed by atoms with Crippen LogP contribution >= 0.6 is 0 Å². The number of ketones is 1. The standard InChI is InChI=1S/C34H42N2O/c1-26-9-11-29(12-10-26)23-36-19-5-8-30-14-15-31(22-33(30)25-36)34(37)16-13-28-17-20-35(21-18-28)24-32-7-4-3-6-27(32)2/h3-4,6-7,9-12,14-15,22,28H,5,8,13,16-21,23-25H2,1-2H3. The summed E-state index contributed by atoms with van der Waals surface area (Å²) in [5, 5.41) is 0. The predicted molar refractivity (Wildman–Crippen MR) is 153 cm³/mol. The molecule has 0 aromatic heterocycles. The summed E-state index contributed by atoms with van der Waals surface area (Å²) in [4.78, 5) is 18.3. The lowest BCUT2D eigenvalue weighted by Gasteiger charge is -2.32. The number of benzene rings is 3. The Morgan fingerprint density at radius 1 is 0.838 bits per heavy atom. The van der Waals surface area contributed by atoms with E-state index in [0.29, 0.717) is 18.1 Å². The van der Waals surface area contributed by atoms with Crippen molar-refractivity contribution < 1.29 is 4.79 Å². The average Bonchev–Trinajstić information content (AvgIpc) is 3.12. The molecule has 0 unspecified atom stereocenters. The SMILES string of the molecule is Cc1ccc(CN2CCCc3ccc(C(=O)CCC4CCN(Cc5ccccc5C)CC4)cc3C2)cc1. The first kappa shape index (κ1) is 25.9. The lowest BCUT2D eigenvalue weighted by Crippen LogP contribution is -2.33. The Balaban J connectivity index is 1.12. The average molecular weight is 495 g/mol. The number of fused-ring (bicyclic) bond motifs is 1. The molecule has 0 bridgehead atoms. The van der Waals surface area contributed by atoms with Crippen LogP contribution in [0.15, 0.2) is 66.7 Å². The third-order valence-electron chi connectivity index (χ3n) is 8.51. The molecule has 3 heteroatoms. The summed E-state index contributed by atoms with van der Waals surface area (Å²) in [5.41, 5.74) is 9.18. The molecule has 0 spiro atoms. The number of carbonyl (C=O) groups is 1. The van der Waals surface area contributed by atoms with Crippen LogP contribution in [0.3, 0.4) is 0 Å². The zero-order chi connectivity index (χ0) is 25.6. The van der Waals surface area contributed by atoms with Crippen molar-refractivity contribution >= 4 is 5.78 Å². The fraction of sp³-hybridized carbons (Fsp3) is 0.441. The molecule has 0 N–H and O–H groups in total. The summed E-state index contributed by atoms with van der Waals surface area (Å²) in [7, 11) is 0. The highest BCUT2D eigenvalue weighted by Crippen LogP contribution is 2.26. The molecule has 194 valence electrons. The number of hydrogen-bond acceptors (Lipinski definition) is 3. The minimum absolute atomic E-state index is 0.319. The normalized spacial score (nSPS) is 17.4. The van der Waals surface area contributed by atoms with E-state index in [0.717, 1.165) is 57.7 Å². The zero-order valence-electron chi connectivity index (χ0n) is 22.7. The molecule has 1 saturated heterocycles. The number of nitrogens with zero attached hydrogens (tertiary/aromatic N) is 2. The molecule has 0 radical (unpaired) electrons. The van der Waals surface area contributed by atoms with Gasteiger partial charge in [-0.1, -0.05) is 66.2 Å². The van der Waals surface area contributed by atoms with Gasteiger partial charge < -0.3 is 0 Å². The third-order valence-corrected chi connectivity index (χ3v) is 8.51. The van der Waals surface area contributed by atoms with E-state index < -0.39 is 0 Å². The van der Waals surface area contributed by atoms with E-state index in [2.05, 4.69) is 90.4 Å². The smallest absolute Gasteiger partial charge is 0.162 e. The topological polar surface area (TPSA) is 23.6 Å². The molecule has 0 aliphatic carbocycles. The number of piperidine rings is 1. The van der Waals surface area contributed by atoms with E-state index in [1.165, 1.54) is 52.6 Å². The van der Waals surface area contributed by atoms with Crippen LogP contribution in [0.4, 0.5) is 0 Å². The molecule has 2 aliphatic heterocycles. The lowest BCUT2D eigenvalue weighted by molar-refractivity contribution is 0.0961. The summed E-state index contributed by atoms with van der Waals surface area (Å²) < 4.78 is 0. The van der Waals surface area contributed by atoms with Crippen LogP contribution < -0.4 is 0 Å². The van der Waals surface area contributed by atoms with Gasteiger partial charge in [0.2, 0.25) is 0 Å². The first-order chi connectivity index (χ1) is 18.0. The maximum Gasteiger partial charge on any atom is 0.162 e. The summed E-state index contributed by atoms with van der Waals surface area (Å²) in [6.07, 6.45) is 6.39. The quantitative estimate of drug-likeness (QED) is 0.311. The van der Waals surface area contributed by atoms with Crippen LogP contribution in [0.25, 0.3) is 0 Å². The van der Waals surface area contributed by atoms with Gasteiger partial charge in [0.25, 0.3) is 0 Å². The van der Waals surface area contributed by atoms with Crippen LogP contribution in [-0.4, -0.2) is 35.2 Å². The van der Waals surface area contributed by atoms with Crippen molar-refractivity contribution in [2.24, 2.45) is 5.92 Å². The van der Waals surface area contributed by atoms with Gasteiger partial charge in [-0.05, 0) is 105 Å². The lowest BCUT2D eigenvalue weighted by atomic mass is 9.89. The van der Waals surface area contributed by atoms with E-state index >= 15 is 0 Å². The van der Waals surface area contributed by atoms with Gasteiger partial charge in [0.15, 0.2) is 5.78 Å². The largest absolute Gasteiger partial charge is 0.299 e. The maximum atomic E-state index is 13.2. The Labute approximate surface area is 223 Å². The molecule has 2 heterocycles. The first-order valence-corrected chi connectivity index (χ1v) is 14.2. The Kier molecular flexibility index (Phi) is 8.53. The van der Waals surface area contributed by atoms with Gasteiger partial charge in [-0.2, -0.15) is 0 Å². The monoisotopic (exact) mass is 494 g/mol. The fourth-order valence-electron chi connectivity index (χ4n) is 6.03. The van der Waals surface area contributed by atoms with E-state index in [9.17, 15) is 4.79 Å². The summed E-state index contributed by atoms with van der Waals surface area (Å²) >= 11 is 0. The molecule has 5 rings (SSSR count). The first-order valence-electron chi connectivity index (χ1n) is 14.2. The molecular weight excluding hydrogens is 452 g/mol. The number of likely N-dealkylation sites (tertiary alicyclic amines) is 1. The van der Waals surface area contributed by atoms with Crippen molar-refractivity contribution in [3.63, 3.8) is 0 Å². The number of hydrogen-bond donors (Lipinski definition) is 0. The molecule has 0 amide bonds. The highest BCUT2D eigenvalue weighted by Gasteiger charge is 2.22. The minimum atomic E-state index is 0.319. The summed E-state index contributed by atoms with van der Waals surface area (Å²) in [5.74, 6) is 0.988. The summed E-state index contributed by atoms with van der Waals surface area (Å²) in [6.45, 7) is 10.7. The second kappa shape index (κ2) is 12.2. The highest BCUT2D eigenvalue weighted by atomic mass is 16.1. The molecule has 3 aromatic carbocycles. The van der Waals surface area contributed by atoms with Gasteiger partial charge in [0.05, 0.1) is 0 Å². The van der Waals surface area contributed by atoms with Crippen molar-refractivity contribution in [3.8, 4) is 0 Å². The van der Waals surface area contributed by atoms with Crippen LogP contribution in [0.1, 0.15) is 75.8 Å². The number of rotatable bonds is 8. The van der Waals surface area contributed by atoms with Crippen molar-refractivity contribution in [3.05, 3.63) is 106 Å². The molecular formula is C34H42N2O. The van der Waals surface area contributed by atoms with E-state index in [4.69, 9.17) is 0 Å². The molecule has 3 nitrogen and oxygen atoms in total. The Morgan fingerprint density at radius 3 is 2.41 bits per heavy atom. The van der Waals surface area contributed by atoms with Crippen LogP contribution in [0.2, 0.25) is 0 Å². The zero-order valence-corrected chi connectivity index (χ0v) is 22.7. The Morgan fingerprint density at radius 2 is 1.62 bits per heavy atom. The van der Waals surface area contributed by atoms with Crippen molar-refractivity contribution in [1.29, 1.82) is 0 Å². The molecule has 37 heavy (non-hydrogen) atoms. The van der Waals surface area contributed by atoms with Gasteiger partial charge in [0.1, 0.15) is 0 Å². The Bertz CT molecular complexity index is 1190. The number of Topliss-reactive ketones (excluding diaryl/α,β-unsaturated/α-hetero) is 1. The number of aryl methyl sites for hydroxylation is 3. The molecule has 2 aliphatic rings. The Hall–Kier alpha value is -2.75. The second-order valence-electron chi connectivity index (χ2n) is 11.4. The van der Waals surface area contributed by atoms with Gasteiger partial charge in [-0.3, -0.25) is 14.6 Å². The van der Waals surface area contributed by atoms with Gasteiger partial charge in [-0.25, -0.2) is 0 Å². The molecule has 0 saturated carbocycles. The van der Waals surface area contributed by atoms with Gasteiger partial charge in [-0.15, -0.1) is 0 Å².